The van der Waals surface area contributed by atoms with Crippen molar-refractivity contribution in [2.75, 3.05) is 33.0 Å². The molecule has 0 radical (unpaired) electrons. The van der Waals surface area contributed by atoms with Crippen molar-refractivity contribution < 1.29 is 14.2 Å². The van der Waals surface area contributed by atoms with E-state index in [1.807, 2.05) is 0 Å². The van der Waals surface area contributed by atoms with Gasteiger partial charge in [0.2, 0.25) is 0 Å². The summed E-state index contributed by atoms with van der Waals surface area (Å²) in [5.41, 5.74) is 5.69. The van der Waals surface area contributed by atoms with Gasteiger partial charge in [0.05, 0.1) is 11.7 Å². The average Bonchev–Trinajstić information content (AvgIpc) is 2.83. The maximum Gasteiger partial charge on any atom is 0.0847 e. The van der Waals surface area contributed by atoms with Crippen LogP contribution >= 0.6 is 0 Å². The molecule has 0 bridgehead atoms. The molecule has 2 rings (SSSR count). The predicted molar refractivity (Wildman–Crippen MR) is 61.4 cm³/mol. The molecule has 0 amide bonds. The maximum absolute atomic E-state index is 6.00. The van der Waals surface area contributed by atoms with E-state index in [0.717, 1.165) is 45.7 Å². The first-order valence-corrected chi connectivity index (χ1v) is 6.38. The minimum atomic E-state index is -0.128. The third kappa shape index (κ3) is 3.17. The molecular formula is C12H23NO3. The zero-order valence-corrected chi connectivity index (χ0v) is 9.95. The Morgan fingerprint density at radius 1 is 1.25 bits per heavy atom. The summed E-state index contributed by atoms with van der Waals surface area (Å²) in [5, 5.41) is 0. The number of ether oxygens (including phenoxy) is 3. The molecule has 0 aromatic carbocycles. The van der Waals surface area contributed by atoms with Crippen LogP contribution in [-0.4, -0.2) is 44.7 Å². The lowest BCUT2D eigenvalue weighted by atomic mass is 9.94. The number of nitrogens with two attached hydrogens (primary N) is 1. The fraction of sp³-hybridized carbons (Fsp3) is 1.00. The van der Waals surface area contributed by atoms with Crippen LogP contribution in [0.4, 0.5) is 0 Å². The molecule has 1 unspecified atom stereocenters. The van der Waals surface area contributed by atoms with E-state index in [4.69, 9.17) is 19.9 Å². The normalized spacial score (nSPS) is 29.4. The van der Waals surface area contributed by atoms with Crippen molar-refractivity contribution in [2.45, 2.75) is 43.8 Å². The van der Waals surface area contributed by atoms with Gasteiger partial charge in [0.1, 0.15) is 0 Å². The molecule has 4 heteroatoms. The fourth-order valence-corrected chi connectivity index (χ4v) is 2.43. The zero-order valence-electron chi connectivity index (χ0n) is 9.95. The van der Waals surface area contributed by atoms with Gasteiger partial charge in [-0.2, -0.15) is 0 Å². The Hall–Kier alpha value is -0.160. The molecule has 0 aliphatic carbocycles. The molecule has 2 N–H and O–H groups in total. The summed E-state index contributed by atoms with van der Waals surface area (Å²) in [7, 11) is 0. The fourth-order valence-electron chi connectivity index (χ4n) is 2.43. The maximum atomic E-state index is 6.00. The number of hydrogen-bond donors (Lipinski definition) is 1. The first-order chi connectivity index (χ1) is 7.85. The third-order valence-electron chi connectivity index (χ3n) is 3.65. The van der Waals surface area contributed by atoms with Crippen molar-refractivity contribution >= 4 is 0 Å². The van der Waals surface area contributed by atoms with Gasteiger partial charge in [-0.3, -0.25) is 0 Å². The molecular weight excluding hydrogens is 206 g/mol. The molecule has 94 valence electrons. The van der Waals surface area contributed by atoms with Gasteiger partial charge in [0.25, 0.3) is 0 Å². The van der Waals surface area contributed by atoms with Gasteiger partial charge in [-0.15, -0.1) is 0 Å². The molecule has 2 heterocycles. The van der Waals surface area contributed by atoms with Crippen LogP contribution in [-0.2, 0) is 14.2 Å². The predicted octanol–water partition coefficient (Wildman–Crippen LogP) is 1.08. The van der Waals surface area contributed by atoms with E-state index in [9.17, 15) is 0 Å². The lowest BCUT2D eigenvalue weighted by molar-refractivity contribution is -0.110. The molecule has 0 aromatic heterocycles. The quantitative estimate of drug-likeness (QED) is 0.766. The van der Waals surface area contributed by atoms with Gasteiger partial charge >= 0.3 is 0 Å². The largest absolute Gasteiger partial charge is 0.381 e. The van der Waals surface area contributed by atoms with Crippen molar-refractivity contribution in [3.05, 3.63) is 0 Å². The lowest BCUT2D eigenvalue weighted by Gasteiger charge is -2.36. The lowest BCUT2D eigenvalue weighted by Crippen LogP contribution is -2.46. The summed E-state index contributed by atoms with van der Waals surface area (Å²) in [5.74, 6) is 0. The zero-order chi connectivity index (χ0) is 11.3. The Balaban J connectivity index is 1.69. The highest BCUT2D eigenvalue weighted by atomic mass is 16.5. The van der Waals surface area contributed by atoms with Crippen molar-refractivity contribution in [3.63, 3.8) is 0 Å². The highest BCUT2D eigenvalue weighted by Crippen LogP contribution is 2.25. The van der Waals surface area contributed by atoms with Crippen LogP contribution in [0.2, 0.25) is 0 Å². The van der Waals surface area contributed by atoms with E-state index in [2.05, 4.69) is 0 Å². The van der Waals surface area contributed by atoms with E-state index in [-0.39, 0.29) is 5.60 Å². The monoisotopic (exact) mass is 229 g/mol. The van der Waals surface area contributed by atoms with E-state index in [1.54, 1.807) is 0 Å². The minimum Gasteiger partial charge on any atom is -0.381 e. The smallest absolute Gasteiger partial charge is 0.0847 e. The molecule has 0 spiro atoms. The Labute approximate surface area is 97.4 Å². The average molecular weight is 229 g/mol. The summed E-state index contributed by atoms with van der Waals surface area (Å²) in [4.78, 5) is 0. The molecule has 16 heavy (non-hydrogen) atoms. The van der Waals surface area contributed by atoms with Gasteiger partial charge in [-0.25, -0.2) is 0 Å². The summed E-state index contributed by atoms with van der Waals surface area (Å²) in [6, 6.07) is 0. The summed E-state index contributed by atoms with van der Waals surface area (Å²) in [6.45, 7) is 3.83. The van der Waals surface area contributed by atoms with Crippen molar-refractivity contribution in [2.24, 2.45) is 5.73 Å². The molecule has 2 fully saturated rings. The van der Waals surface area contributed by atoms with Crippen LogP contribution in [0.5, 0.6) is 0 Å². The van der Waals surface area contributed by atoms with Crippen molar-refractivity contribution in [1.82, 2.24) is 0 Å². The van der Waals surface area contributed by atoms with Gasteiger partial charge < -0.3 is 19.9 Å². The summed E-state index contributed by atoms with van der Waals surface area (Å²) < 4.78 is 16.9. The SMILES string of the molecule is NCC1(OCCC2CCCO2)CCOCC1. The topological polar surface area (TPSA) is 53.7 Å². The van der Waals surface area contributed by atoms with E-state index >= 15 is 0 Å². The molecule has 2 saturated heterocycles. The van der Waals surface area contributed by atoms with Gasteiger partial charge in [0.15, 0.2) is 0 Å². The van der Waals surface area contributed by atoms with Gasteiger partial charge in [-0.1, -0.05) is 0 Å². The standard InChI is InChI=1S/C12H23NO3/c13-10-12(4-8-14-9-5-12)16-7-3-11-2-1-6-15-11/h11H,1-10,13H2. The van der Waals surface area contributed by atoms with Gasteiger partial charge in [-0.05, 0) is 19.3 Å². The van der Waals surface area contributed by atoms with Crippen molar-refractivity contribution in [3.8, 4) is 0 Å². The molecule has 0 saturated carbocycles. The van der Waals surface area contributed by atoms with Crippen LogP contribution in [0.15, 0.2) is 0 Å². The van der Waals surface area contributed by atoms with Crippen LogP contribution in [0.3, 0.4) is 0 Å². The van der Waals surface area contributed by atoms with Crippen molar-refractivity contribution in [1.29, 1.82) is 0 Å². The van der Waals surface area contributed by atoms with E-state index in [0.29, 0.717) is 12.6 Å². The number of hydrogen-bond acceptors (Lipinski definition) is 4. The third-order valence-corrected chi connectivity index (χ3v) is 3.65. The number of rotatable bonds is 5. The highest BCUT2D eigenvalue weighted by molar-refractivity contribution is 4.84. The molecule has 1 atom stereocenters. The Bertz CT molecular complexity index is 198. The minimum absolute atomic E-state index is 0.128. The second kappa shape index (κ2) is 5.96. The molecule has 2 aliphatic rings. The second-order valence-electron chi connectivity index (χ2n) is 4.77. The molecule has 4 nitrogen and oxygen atoms in total. The van der Waals surface area contributed by atoms with Crippen LogP contribution in [0.25, 0.3) is 0 Å². The molecule has 2 aliphatic heterocycles. The van der Waals surface area contributed by atoms with Gasteiger partial charge in [0, 0.05) is 45.8 Å². The van der Waals surface area contributed by atoms with E-state index in [1.165, 1.54) is 12.8 Å². The summed E-state index contributed by atoms with van der Waals surface area (Å²) in [6.07, 6.45) is 5.64. The highest BCUT2D eigenvalue weighted by Gasteiger charge is 2.32. The Morgan fingerprint density at radius 2 is 2.06 bits per heavy atom. The van der Waals surface area contributed by atoms with Crippen LogP contribution in [0.1, 0.15) is 32.1 Å². The summed E-state index contributed by atoms with van der Waals surface area (Å²) >= 11 is 0. The Morgan fingerprint density at radius 3 is 2.69 bits per heavy atom. The first-order valence-electron chi connectivity index (χ1n) is 6.38. The van der Waals surface area contributed by atoms with Crippen LogP contribution in [0, 0.1) is 0 Å². The molecule has 0 aromatic rings. The van der Waals surface area contributed by atoms with Crippen LogP contribution < -0.4 is 5.73 Å². The first kappa shape index (κ1) is 12.3. The Kier molecular flexibility index (Phi) is 4.58. The second-order valence-corrected chi connectivity index (χ2v) is 4.77. The van der Waals surface area contributed by atoms with E-state index < -0.39 is 0 Å².